The molecule has 104 valence electrons. The summed E-state index contributed by atoms with van der Waals surface area (Å²) in [6.45, 7) is 0. The summed E-state index contributed by atoms with van der Waals surface area (Å²) in [5.74, 6) is 0.157. The Kier molecular flexibility index (Phi) is 3.88. The van der Waals surface area contributed by atoms with Crippen molar-refractivity contribution in [1.29, 1.82) is 0 Å². The molecule has 0 bridgehead atoms. The standard InChI is InChI=1S/C13H9F3N2O2/c14-13(15,16)11-2-1-3-12(18-11)20-10-6-4-9(5-7-10)17-8-19/h1-8H,(H,17,19). The summed E-state index contributed by atoms with van der Waals surface area (Å²) in [4.78, 5) is 13.6. The average molecular weight is 282 g/mol. The van der Waals surface area contributed by atoms with E-state index in [0.717, 1.165) is 6.07 Å². The van der Waals surface area contributed by atoms with Crippen molar-refractivity contribution >= 4 is 12.1 Å². The molecule has 0 fully saturated rings. The average Bonchev–Trinajstić information content (AvgIpc) is 2.41. The third kappa shape index (κ3) is 3.47. The molecule has 1 amide bonds. The summed E-state index contributed by atoms with van der Waals surface area (Å²) >= 11 is 0. The lowest BCUT2D eigenvalue weighted by molar-refractivity contribution is -0.141. The van der Waals surface area contributed by atoms with E-state index in [0.29, 0.717) is 17.8 Å². The molecule has 1 aromatic carbocycles. The van der Waals surface area contributed by atoms with E-state index < -0.39 is 11.9 Å². The van der Waals surface area contributed by atoms with Gasteiger partial charge in [-0.3, -0.25) is 4.79 Å². The summed E-state index contributed by atoms with van der Waals surface area (Å²) in [6, 6.07) is 9.53. The lowest BCUT2D eigenvalue weighted by Gasteiger charge is -2.09. The maximum atomic E-state index is 12.5. The Labute approximate surface area is 112 Å². The molecule has 7 heteroatoms. The predicted octanol–water partition coefficient (Wildman–Crippen LogP) is 3.46. The predicted molar refractivity (Wildman–Crippen MR) is 65.4 cm³/mol. The number of benzene rings is 1. The molecule has 0 radical (unpaired) electrons. The zero-order chi connectivity index (χ0) is 14.6. The summed E-state index contributed by atoms with van der Waals surface area (Å²) in [7, 11) is 0. The molecule has 20 heavy (non-hydrogen) atoms. The van der Waals surface area contributed by atoms with Crippen LogP contribution in [0.2, 0.25) is 0 Å². The highest BCUT2D eigenvalue weighted by molar-refractivity contribution is 5.71. The molecular formula is C13H9F3N2O2. The van der Waals surface area contributed by atoms with Gasteiger partial charge in [0, 0.05) is 11.8 Å². The van der Waals surface area contributed by atoms with Crippen LogP contribution in [0.25, 0.3) is 0 Å². The maximum Gasteiger partial charge on any atom is 0.433 e. The number of hydrogen-bond acceptors (Lipinski definition) is 3. The van der Waals surface area contributed by atoms with Gasteiger partial charge in [-0.2, -0.15) is 13.2 Å². The van der Waals surface area contributed by atoms with Gasteiger partial charge in [-0.1, -0.05) is 6.07 Å². The summed E-state index contributed by atoms with van der Waals surface area (Å²) in [5.41, 5.74) is -0.474. The highest BCUT2D eigenvalue weighted by Gasteiger charge is 2.32. The van der Waals surface area contributed by atoms with Crippen LogP contribution in [0.4, 0.5) is 18.9 Å². The molecule has 0 saturated carbocycles. The van der Waals surface area contributed by atoms with Crippen LogP contribution in [-0.2, 0) is 11.0 Å². The van der Waals surface area contributed by atoms with Gasteiger partial charge >= 0.3 is 6.18 Å². The fourth-order valence-electron chi connectivity index (χ4n) is 1.44. The topological polar surface area (TPSA) is 51.2 Å². The van der Waals surface area contributed by atoms with Crippen LogP contribution >= 0.6 is 0 Å². The Bertz CT molecular complexity index is 597. The van der Waals surface area contributed by atoms with Crippen molar-refractivity contribution in [2.45, 2.75) is 6.18 Å². The van der Waals surface area contributed by atoms with Crippen molar-refractivity contribution in [1.82, 2.24) is 4.98 Å². The smallest absolute Gasteiger partial charge is 0.433 e. The molecule has 2 rings (SSSR count). The van der Waals surface area contributed by atoms with Crippen molar-refractivity contribution in [2.75, 3.05) is 5.32 Å². The zero-order valence-corrected chi connectivity index (χ0v) is 10.0. The molecule has 0 spiro atoms. The Morgan fingerprint density at radius 1 is 1.10 bits per heavy atom. The van der Waals surface area contributed by atoms with Crippen LogP contribution in [0.5, 0.6) is 11.6 Å². The minimum Gasteiger partial charge on any atom is -0.439 e. The number of anilines is 1. The van der Waals surface area contributed by atoms with Gasteiger partial charge in [0.15, 0.2) is 0 Å². The van der Waals surface area contributed by atoms with Crippen molar-refractivity contribution in [3.05, 3.63) is 48.2 Å². The molecule has 0 aliphatic heterocycles. The molecule has 1 N–H and O–H groups in total. The molecule has 0 atom stereocenters. The van der Waals surface area contributed by atoms with Crippen molar-refractivity contribution in [2.24, 2.45) is 0 Å². The maximum absolute atomic E-state index is 12.5. The first-order chi connectivity index (χ1) is 9.49. The van der Waals surface area contributed by atoms with Crippen LogP contribution in [0, 0.1) is 0 Å². The van der Waals surface area contributed by atoms with Crippen molar-refractivity contribution < 1.29 is 22.7 Å². The molecule has 0 aliphatic carbocycles. The highest BCUT2D eigenvalue weighted by atomic mass is 19.4. The molecule has 4 nitrogen and oxygen atoms in total. The van der Waals surface area contributed by atoms with Gasteiger partial charge in [0.05, 0.1) is 0 Å². The second-order valence-corrected chi connectivity index (χ2v) is 3.75. The number of ether oxygens (including phenoxy) is 1. The number of carbonyl (C=O) groups is 1. The monoisotopic (exact) mass is 282 g/mol. The highest BCUT2D eigenvalue weighted by Crippen LogP contribution is 2.29. The van der Waals surface area contributed by atoms with Gasteiger partial charge < -0.3 is 10.1 Å². The Balaban J connectivity index is 2.15. The minimum atomic E-state index is -4.52. The van der Waals surface area contributed by atoms with Crippen LogP contribution in [0.15, 0.2) is 42.5 Å². The van der Waals surface area contributed by atoms with Crippen LogP contribution in [0.3, 0.4) is 0 Å². The van der Waals surface area contributed by atoms with E-state index in [9.17, 15) is 18.0 Å². The van der Waals surface area contributed by atoms with Crippen LogP contribution in [-0.4, -0.2) is 11.4 Å². The molecule has 0 saturated heterocycles. The zero-order valence-electron chi connectivity index (χ0n) is 10.0. The van der Waals surface area contributed by atoms with Gasteiger partial charge in [-0.05, 0) is 30.3 Å². The molecule has 1 aromatic heterocycles. The van der Waals surface area contributed by atoms with Crippen molar-refractivity contribution in [3.63, 3.8) is 0 Å². The van der Waals surface area contributed by atoms with E-state index in [2.05, 4.69) is 10.3 Å². The number of rotatable bonds is 4. The van der Waals surface area contributed by atoms with Crippen LogP contribution < -0.4 is 10.1 Å². The van der Waals surface area contributed by atoms with E-state index in [1.165, 1.54) is 24.3 Å². The number of halogens is 3. The molecule has 0 unspecified atom stereocenters. The quantitative estimate of drug-likeness (QED) is 0.874. The Morgan fingerprint density at radius 2 is 1.80 bits per heavy atom. The summed E-state index contributed by atoms with van der Waals surface area (Å²) < 4.78 is 42.7. The van der Waals surface area contributed by atoms with Gasteiger partial charge in [0.2, 0.25) is 12.3 Å². The second kappa shape index (κ2) is 5.60. The fourth-order valence-corrected chi connectivity index (χ4v) is 1.44. The molecular weight excluding hydrogens is 273 g/mol. The van der Waals surface area contributed by atoms with Crippen molar-refractivity contribution in [3.8, 4) is 11.6 Å². The molecule has 2 aromatic rings. The van der Waals surface area contributed by atoms with Gasteiger partial charge in [0.25, 0.3) is 0 Å². The fraction of sp³-hybridized carbons (Fsp3) is 0.0769. The first kappa shape index (κ1) is 13.9. The number of amides is 1. The Morgan fingerprint density at radius 3 is 2.40 bits per heavy atom. The van der Waals surface area contributed by atoms with E-state index in [1.807, 2.05) is 0 Å². The normalized spacial score (nSPS) is 10.9. The largest absolute Gasteiger partial charge is 0.439 e. The summed E-state index contributed by atoms with van der Waals surface area (Å²) in [6.07, 6.45) is -4.00. The van der Waals surface area contributed by atoms with E-state index in [4.69, 9.17) is 4.74 Å². The van der Waals surface area contributed by atoms with E-state index >= 15 is 0 Å². The lowest BCUT2D eigenvalue weighted by atomic mass is 10.3. The van der Waals surface area contributed by atoms with Gasteiger partial charge in [-0.25, -0.2) is 4.98 Å². The number of nitrogens with one attached hydrogen (secondary N) is 1. The third-order valence-electron chi connectivity index (χ3n) is 2.32. The van der Waals surface area contributed by atoms with E-state index in [-0.39, 0.29) is 5.88 Å². The molecule has 0 aliphatic rings. The van der Waals surface area contributed by atoms with Gasteiger partial charge in [-0.15, -0.1) is 0 Å². The third-order valence-corrected chi connectivity index (χ3v) is 2.32. The number of pyridine rings is 1. The lowest BCUT2D eigenvalue weighted by Crippen LogP contribution is -2.07. The Hall–Kier alpha value is -2.57. The number of alkyl halides is 3. The number of nitrogens with zero attached hydrogens (tertiary/aromatic N) is 1. The number of carbonyl (C=O) groups excluding carboxylic acids is 1. The minimum absolute atomic E-state index is 0.157. The van der Waals surface area contributed by atoms with E-state index in [1.54, 1.807) is 12.1 Å². The number of hydrogen-bond donors (Lipinski definition) is 1. The van der Waals surface area contributed by atoms with Gasteiger partial charge in [0.1, 0.15) is 11.4 Å². The number of aromatic nitrogens is 1. The molecule has 1 heterocycles. The first-order valence-corrected chi connectivity index (χ1v) is 5.51. The first-order valence-electron chi connectivity index (χ1n) is 5.51. The summed E-state index contributed by atoms with van der Waals surface area (Å²) in [5, 5.41) is 2.43. The SMILES string of the molecule is O=CNc1ccc(Oc2cccc(C(F)(F)F)n2)cc1. The second-order valence-electron chi connectivity index (χ2n) is 3.75. The van der Waals surface area contributed by atoms with Crippen LogP contribution in [0.1, 0.15) is 5.69 Å².